The van der Waals surface area contributed by atoms with Crippen molar-refractivity contribution in [2.24, 2.45) is 0 Å². The van der Waals surface area contributed by atoms with Crippen molar-refractivity contribution in [2.75, 3.05) is 11.1 Å². The van der Waals surface area contributed by atoms with Crippen molar-refractivity contribution in [3.8, 4) is 22.6 Å². The molecule has 0 aliphatic rings. The average molecular weight is 440 g/mol. The number of carbonyl (C=O) groups excluding carboxylic acids is 1. The van der Waals surface area contributed by atoms with Gasteiger partial charge in [0, 0.05) is 11.1 Å². The lowest BCUT2D eigenvalue weighted by Crippen LogP contribution is -2.15. The molecule has 1 heterocycles. The number of hydrogen-bond donors (Lipinski definition) is 1. The first-order valence-corrected chi connectivity index (χ1v) is 10.2. The van der Waals surface area contributed by atoms with E-state index in [1.165, 1.54) is 0 Å². The van der Waals surface area contributed by atoms with Crippen LogP contribution in [0.2, 0.25) is 0 Å². The third-order valence-electron chi connectivity index (χ3n) is 4.33. The van der Waals surface area contributed by atoms with Crippen LogP contribution >= 0.6 is 11.8 Å². The predicted molar refractivity (Wildman–Crippen MR) is 113 cm³/mol. The fourth-order valence-electron chi connectivity index (χ4n) is 2.88. The summed E-state index contributed by atoms with van der Waals surface area (Å²) in [5.74, 6) is -4.64. The average Bonchev–Trinajstić information content (AvgIpc) is 3.24. The molecule has 4 rings (SSSR count). The number of nitrogens with zero attached hydrogens (tertiary/aromatic N) is 1. The Kier molecular flexibility index (Phi) is 6.08. The number of anilines is 1. The van der Waals surface area contributed by atoms with Crippen LogP contribution < -0.4 is 5.32 Å². The van der Waals surface area contributed by atoms with Crippen LogP contribution in [0.1, 0.15) is 0 Å². The highest BCUT2D eigenvalue weighted by Gasteiger charge is 2.19. The van der Waals surface area contributed by atoms with Gasteiger partial charge in [-0.15, -0.1) is 0 Å². The Labute approximate surface area is 180 Å². The van der Waals surface area contributed by atoms with Gasteiger partial charge in [0.15, 0.2) is 23.2 Å². The molecule has 0 unspecified atom stereocenters. The molecule has 0 aliphatic carbocycles. The third kappa shape index (κ3) is 4.64. The monoisotopic (exact) mass is 440 g/mol. The van der Waals surface area contributed by atoms with Gasteiger partial charge >= 0.3 is 0 Å². The number of rotatable bonds is 6. The van der Waals surface area contributed by atoms with Crippen LogP contribution in [0, 0.1) is 17.5 Å². The molecule has 156 valence electrons. The second-order valence-electron chi connectivity index (χ2n) is 6.45. The van der Waals surface area contributed by atoms with Crippen LogP contribution in [0.3, 0.4) is 0 Å². The summed E-state index contributed by atoms with van der Waals surface area (Å²) in [4.78, 5) is 16.7. The number of oxazole rings is 1. The zero-order chi connectivity index (χ0) is 21.8. The van der Waals surface area contributed by atoms with Crippen molar-refractivity contribution in [1.82, 2.24) is 4.98 Å². The molecule has 3 aromatic carbocycles. The molecule has 0 bridgehead atoms. The van der Waals surface area contributed by atoms with Crippen molar-refractivity contribution < 1.29 is 22.4 Å². The van der Waals surface area contributed by atoms with Gasteiger partial charge in [-0.1, -0.05) is 72.4 Å². The van der Waals surface area contributed by atoms with E-state index in [4.69, 9.17) is 4.42 Å². The Balaban J connectivity index is 1.53. The highest BCUT2D eigenvalue weighted by Crippen LogP contribution is 2.35. The van der Waals surface area contributed by atoms with E-state index in [2.05, 4.69) is 10.3 Å². The van der Waals surface area contributed by atoms with E-state index in [1.54, 1.807) is 0 Å². The Morgan fingerprint density at radius 2 is 1.52 bits per heavy atom. The van der Waals surface area contributed by atoms with Gasteiger partial charge in [0.05, 0.1) is 11.4 Å². The largest absolute Gasteiger partial charge is 0.431 e. The summed E-state index contributed by atoms with van der Waals surface area (Å²) in [6.07, 6.45) is 0. The molecule has 4 nitrogen and oxygen atoms in total. The maximum absolute atomic E-state index is 13.8. The van der Waals surface area contributed by atoms with Crippen LogP contribution in [0.25, 0.3) is 22.6 Å². The Morgan fingerprint density at radius 1 is 0.871 bits per heavy atom. The molecular weight excluding hydrogens is 425 g/mol. The Hall–Kier alpha value is -3.52. The zero-order valence-corrected chi connectivity index (χ0v) is 16.8. The lowest BCUT2D eigenvalue weighted by molar-refractivity contribution is -0.113. The van der Waals surface area contributed by atoms with Gasteiger partial charge in [-0.25, -0.2) is 18.2 Å². The number of carbonyl (C=O) groups is 1. The van der Waals surface area contributed by atoms with E-state index >= 15 is 0 Å². The highest BCUT2D eigenvalue weighted by molar-refractivity contribution is 7.99. The molecule has 0 saturated heterocycles. The highest BCUT2D eigenvalue weighted by atomic mass is 32.2. The standard InChI is InChI=1S/C23H15F3N2O2S/c24-16-11-12-17(20(26)19(16)25)27-18(29)13-31-23-28-21(14-7-3-1-4-8-14)22(30-23)15-9-5-2-6-10-15/h1-12H,13H2,(H,27,29). The summed E-state index contributed by atoms with van der Waals surface area (Å²) in [7, 11) is 0. The molecular formula is C23H15F3N2O2S. The summed E-state index contributed by atoms with van der Waals surface area (Å²) in [6.45, 7) is 0. The van der Waals surface area contributed by atoms with Gasteiger partial charge in [-0.2, -0.15) is 0 Å². The summed E-state index contributed by atoms with van der Waals surface area (Å²) in [6, 6.07) is 20.6. The fourth-order valence-corrected chi connectivity index (χ4v) is 3.50. The topological polar surface area (TPSA) is 55.1 Å². The van der Waals surface area contributed by atoms with Crippen molar-refractivity contribution in [3.05, 3.63) is 90.2 Å². The van der Waals surface area contributed by atoms with Gasteiger partial charge in [0.2, 0.25) is 5.91 Å². The molecule has 4 aromatic rings. The van der Waals surface area contributed by atoms with Crippen LogP contribution in [0.5, 0.6) is 0 Å². The fraction of sp³-hybridized carbons (Fsp3) is 0.0435. The van der Waals surface area contributed by atoms with E-state index in [0.29, 0.717) is 11.5 Å². The van der Waals surface area contributed by atoms with E-state index in [9.17, 15) is 18.0 Å². The zero-order valence-electron chi connectivity index (χ0n) is 15.9. The van der Waals surface area contributed by atoms with Gasteiger partial charge in [-0.3, -0.25) is 4.79 Å². The van der Waals surface area contributed by atoms with Crippen LogP contribution in [0.4, 0.5) is 18.9 Å². The van der Waals surface area contributed by atoms with Crippen molar-refractivity contribution >= 4 is 23.4 Å². The molecule has 1 aromatic heterocycles. The first kappa shape index (κ1) is 20.7. The number of nitrogens with one attached hydrogen (secondary N) is 1. The molecule has 1 N–H and O–H groups in total. The van der Waals surface area contributed by atoms with E-state index in [-0.39, 0.29) is 11.0 Å². The smallest absolute Gasteiger partial charge is 0.257 e. The molecule has 0 saturated carbocycles. The summed E-state index contributed by atoms with van der Waals surface area (Å²) in [5.41, 5.74) is 1.87. The molecule has 31 heavy (non-hydrogen) atoms. The number of aromatic nitrogens is 1. The molecule has 0 atom stereocenters. The second kappa shape index (κ2) is 9.09. The van der Waals surface area contributed by atoms with E-state index < -0.39 is 29.0 Å². The third-order valence-corrected chi connectivity index (χ3v) is 5.15. The minimum Gasteiger partial charge on any atom is -0.431 e. The first-order valence-electron chi connectivity index (χ1n) is 9.20. The predicted octanol–water partition coefficient (Wildman–Crippen LogP) is 6.16. The maximum atomic E-state index is 13.8. The van der Waals surface area contributed by atoms with E-state index in [0.717, 1.165) is 35.0 Å². The first-order chi connectivity index (χ1) is 15.0. The quantitative estimate of drug-likeness (QED) is 0.288. The van der Waals surface area contributed by atoms with Crippen LogP contribution in [-0.4, -0.2) is 16.6 Å². The van der Waals surface area contributed by atoms with Crippen molar-refractivity contribution in [3.63, 3.8) is 0 Å². The van der Waals surface area contributed by atoms with Crippen LogP contribution in [-0.2, 0) is 4.79 Å². The SMILES string of the molecule is O=C(CSc1nc(-c2ccccc2)c(-c2ccccc2)o1)Nc1ccc(F)c(F)c1F. The summed E-state index contributed by atoms with van der Waals surface area (Å²) >= 11 is 1.01. The molecule has 8 heteroatoms. The van der Waals surface area contributed by atoms with Gasteiger partial charge in [0.25, 0.3) is 5.22 Å². The van der Waals surface area contributed by atoms with E-state index in [1.807, 2.05) is 60.7 Å². The van der Waals surface area contributed by atoms with Crippen LogP contribution in [0.15, 0.2) is 82.4 Å². The summed E-state index contributed by atoms with van der Waals surface area (Å²) in [5, 5.41) is 2.47. The van der Waals surface area contributed by atoms with Gasteiger partial charge in [-0.05, 0) is 12.1 Å². The minimum atomic E-state index is -1.64. The molecule has 0 radical (unpaired) electrons. The molecule has 0 aliphatic heterocycles. The number of thioether (sulfide) groups is 1. The number of hydrogen-bond acceptors (Lipinski definition) is 4. The van der Waals surface area contributed by atoms with Crippen molar-refractivity contribution in [2.45, 2.75) is 5.22 Å². The number of amides is 1. The lowest BCUT2D eigenvalue weighted by Gasteiger charge is -2.06. The van der Waals surface area contributed by atoms with Gasteiger partial charge < -0.3 is 9.73 Å². The summed E-state index contributed by atoms with van der Waals surface area (Å²) < 4.78 is 46.0. The maximum Gasteiger partial charge on any atom is 0.257 e. The van der Waals surface area contributed by atoms with Gasteiger partial charge in [0.1, 0.15) is 5.69 Å². The molecule has 1 amide bonds. The number of halogens is 3. The van der Waals surface area contributed by atoms with Crippen molar-refractivity contribution in [1.29, 1.82) is 0 Å². The Morgan fingerprint density at radius 3 is 2.19 bits per heavy atom. The molecule has 0 fully saturated rings. The minimum absolute atomic E-state index is 0.165. The second-order valence-corrected chi connectivity index (χ2v) is 7.38. The lowest BCUT2D eigenvalue weighted by atomic mass is 10.1. The Bertz CT molecular complexity index is 1160. The molecule has 0 spiro atoms. The normalized spacial score (nSPS) is 10.8. The number of benzene rings is 3.